The first-order chi connectivity index (χ1) is 6.27. The quantitative estimate of drug-likeness (QED) is 0.833. The fourth-order valence-corrected chi connectivity index (χ4v) is 1.96. The van der Waals surface area contributed by atoms with Crippen LogP contribution < -0.4 is 5.73 Å². The van der Waals surface area contributed by atoms with E-state index in [0.29, 0.717) is 11.0 Å². The van der Waals surface area contributed by atoms with E-state index in [2.05, 4.69) is 0 Å². The van der Waals surface area contributed by atoms with Gasteiger partial charge < -0.3 is 10.2 Å². The van der Waals surface area contributed by atoms with Crippen LogP contribution in [0.4, 0.5) is 0 Å². The molecule has 0 radical (unpaired) electrons. The molecule has 0 saturated carbocycles. The van der Waals surface area contributed by atoms with E-state index in [9.17, 15) is 0 Å². The molecule has 0 aliphatic carbocycles. The third-order valence-electron chi connectivity index (χ3n) is 1.80. The predicted octanol–water partition coefficient (Wildman–Crippen LogP) is 3.04. The number of nitrogens with two attached hydrogens (primary N) is 1. The summed E-state index contributed by atoms with van der Waals surface area (Å²) in [5, 5.41) is 4.36. The van der Waals surface area contributed by atoms with Gasteiger partial charge in [0.05, 0.1) is 6.04 Å². The number of furan rings is 1. The topological polar surface area (TPSA) is 39.2 Å². The maximum Gasteiger partial charge on any atom is 0.193 e. The van der Waals surface area contributed by atoms with Gasteiger partial charge in [-0.25, -0.2) is 0 Å². The van der Waals surface area contributed by atoms with Crippen LogP contribution >= 0.6 is 22.9 Å². The Morgan fingerprint density at radius 2 is 2.23 bits per heavy atom. The van der Waals surface area contributed by atoms with Gasteiger partial charge in [0.1, 0.15) is 5.76 Å². The van der Waals surface area contributed by atoms with E-state index < -0.39 is 0 Å². The standard InChI is InChI=1S/C9H8ClNOS/c10-8-2-1-7(12-8)9(11)6-3-4-13-5-6/h1-5,9H,11H2/t9-/m0/s1. The lowest BCUT2D eigenvalue weighted by Gasteiger charge is -2.04. The van der Waals surface area contributed by atoms with E-state index in [0.717, 1.165) is 5.56 Å². The third-order valence-corrected chi connectivity index (χ3v) is 2.71. The van der Waals surface area contributed by atoms with E-state index >= 15 is 0 Å². The second-order valence-electron chi connectivity index (χ2n) is 2.68. The van der Waals surface area contributed by atoms with Gasteiger partial charge in [0.2, 0.25) is 0 Å². The zero-order chi connectivity index (χ0) is 9.26. The minimum Gasteiger partial charge on any atom is -0.448 e. The van der Waals surface area contributed by atoms with Crippen LogP contribution in [0.2, 0.25) is 5.22 Å². The van der Waals surface area contributed by atoms with E-state index in [1.54, 1.807) is 23.5 Å². The van der Waals surface area contributed by atoms with Gasteiger partial charge in [0, 0.05) is 0 Å². The zero-order valence-corrected chi connectivity index (χ0v) is 8.31. The van der Waals surface area contributed by atoms with Crippen molar-refractivity contribution in [2.24, 2.45) is 5.73 Å². The molecule has 0 aliphatic rings. The van der Waals surface area contributed by atoms with Crippen molar-refractivity contribution in [3.8, 4) is 0 Å². The van der Waals surface area contributed by atoms with E-state index in [-0.39, 0.29) is 6.04 Å². The molecule has 2 nitrogen and oxygen atoms in total. The third kappa shape index (κ3) is 1.77. The van der Waals surface area contributed by atoms with Crippen molar-refractivity contribution in [3.63, 3.8) is 0 Å². The lowest BCUT2D eigenvalue weighted by atomic mass is 10.1. The number of halogens is 1. The highest BCUT2D eigenvalue weighted by molar-refractivity contribution is 7.07. The molecule has 1 atom stereocenters. The van der Waals surface area contributed by atoms with Gasteiger partial charge in [-0.05, 0) is 46.1 Å². The van der Waals surface area contributed by atoms with Crippen molar-refractivity contribution < 1.29 is 4.42 Å². The van der Waals surface area contributed by atoms with Gasteiger partial charge >= 0.3 is 0 Å². The Balaban J connectivity index is 2.28. The highest BCUT2D eigenvalue weighted by atomic mass is 35.5. The Bertz CT molecular complexity index is 382. The molecule has 0 fully saturated rings. The van der Waals surface area contributed by atoms with Gasteiger partial charge in [-0.3, -0.25) is 0 Å². The molecule has 68 valence electrons. The lowest BCUT2D eigenvalue weighted by molar-refractivity contribution is 0.492. The van der Waals surface area contributed by atoms with Crippen molar-refractivity contribution in [1.82, 2.24) is 0 Å². The largest absolute Gasteiger partial charge is 0.448 e. The number of rotatable bonds is 2. The summed E-state index contributed by atoms with van der Waals surface area (Å²) in [6.45, 7) is 0. The van der Waals surface area contributed by atoms with Crippen molar-refractivity contribution in [1.29, 1.82) is 0 Å². The number of thiophene rings is 1. The summed E-state index contributed by atoms with van der Waals surface area (Å²) >= 11 is 7.26. The van der Waals surface area contributed by atoms with Crippen molar-refractivity contribution in [2.75, 3.05) is 0 Å². The Labute approximate surface area is 84.9 Å². The molecule has 0 spiro atoms. The molecule has 2 rings (SSSR count). The van der Waals surface area contributed by atoms with Crippen LogP contribution in [0.15, 0.2) is 33.4 Å². The molecule has 4 heteroatoms. The summed E-state index contributed by atoms with van der Waals surface area (Å²) in [6, 6.07) is 5.26. The highest BCUT2D eigenvalue weighted by Gasteiger charge is 2.12. The van der Waals surface area contributed by atoms with E-state index in [1.807, 2.05) is 16.8 Å². The molecule has 0 aromatic carbocycles. The number of hydrogen-bond donors (Lipinski definition) is 1. The molecule has 0 bridgehead atoms. The van der Waals surface area contributed by atoms with Gasteiger partial charge in [0.15, 0.2) is 5.22 Å². The first-order valence-electron chi connectivity index (χ1n) is 3.80. The summed E-state index contributed by atoms with van der Waals surface area (Å²) in [4.78, 5) is 0. The molecule has 2 N–H and O–H groups in total. The second kappa shape index (κ2) is 3.54. The summed E-state index contributed by atoms with van der Waals surface area (Å²) in [6.07, 6.45) is 0. The molecule has 2 heterocycles. The van der Waals surface area contributed by atoms with Crippen LogP contribution in [-0.4, -0.2) is 0 Å². The Hall–Kier alpha value is -0.770. The minimum atomic E-state index is -0.209. The molecule has 13 heavy (non-hydrogen) atoms. The molecule has 0 unspecified atom stereocenters. The maximum atomic E-state index is 5.93. The van der Waals surface area contributed by atoms with Gasteiger partial charge in [-0.1, -0.05) is 0 Å². The normalized spacial score (nSPS) is 13.1. The molecular weight excluding hydrogens is 206 g/mol. The summed E-state index contributed by atoms with van der Waals surface area (Å²) in [7, 11) is 0. The van der Waals surface area contributed by atoms with Crippen LogP contribution in [-0.2, 0) is 0 Å². The molecular formula is C9H8ClNOS. The van der Waals surface area contributed by atoms with Crippen LogP contribution in [0.1, 0.15) is 17.4 Å². The highest BCUT2D eigenvalue weighted by Crippen LogP contribution is 2.24. The van der Waals surface area contributed by atoms with Crippen molar-refractivity contribution in [2.45, 2.75) is 6.04 Å². The second-order valence-corrected chi connectivity index (χ2v) is 3.83. The zero-order valence-electron chi connectivity index (χ0n) is 6.74. The Kier molecular flexibility index (Phi) is 2.40. The summed E-state index contributed by atoms with van der Waals surface area (Å²) in [5.41, 5.74) is 6.98. The summed E-state index contributed by atoms with van der Waals surface area (Å²) < 4.78 is 5.21. The molecule has 0 saturated heterocycles. The fraction of sp³-hybridized carbons (Fsp3) is 0.111. The fourth-order valence-electron chi connectivity index (χ4n) is 1.11. The van der Waals surface area contributed by atoms with Crippen molar-refractivity contribution >= 4 is 22.9 Å². The van der Waals surface area contributed by atoms with Crippen LogP contribution in [0.25, 0.3) is 0 Å². The molecule has 2 aromatic rings. The van der Waals surface area contributed by atoms with Gasteiger partial charge in [0.25, 0.3) is 0 Å². The molecule has 0 amide bonds. The first kappa shape index (κ1) is 8.81. The number of hydrogen-bond acceptors (Lipinski definition) is 3. The minimum absolute atomic E-state index is 0.209. The van der Waals surface area contributed by atoms with Crippen LogP contribution in [0, 0.1) is 0 Å². The predicted molar refractivity (Wildman–Crippen MR) is 54.1 cm³/mol. The van der Waals surface area contributed by atoms with Gasteiger partial charge in [-0.2, -0.15) is 11.3 Å². The average Bonchev–Trinajstić information content (AvgIpc) is 2.72. The summed E-state index contributed by atoms with van der Waals surface area (Å²) in [5.74, 6) is 0.698. The smallest absolute Gasteiger partial charge is 0.193 e. The average molecular weight is 214 g/mol. The van der Waals surface area contributed by atoms with Gasteiger partial charge in [-0.15, -0.1) is 0 Å². The Morgan fingerprint density at radius 3 is 2.77 bits per heavy atom. The Morgan fingerprint density at radius 1 is 1.38 bits per heavy atom. The van der Waals surface area contributed by atoms with Crippen LogP contribution in [0.3, 0.4) is 0 Å². The molecule has 0 aliphatic heterocycles. The maximum absolute atomic E-state index is 5.93. The van der Waals surface area contributed by atoms with E-state index in [4.69, 9.17) is 21.8 Å². The monoisotopic (exact) mass is 213 g/mol. The molecule has 2 aromatic heterocycles. The van der Waals surface area contributed by atoms with Crippen LogP contribution in [0.5, 0.6) is 0 Å². The first-order valence-corrected chi connectivity index (χ1v) is 5.12. The lowest BCUT2D eigenvalue weighted by Crippen LogP contribution is -2.09. The van der Waals surface area contributed by atoms with E-state index in [1.165, 1.54) is 0 Å². The SMILES string of the molecule is N[C@@H](c1ccsc1)c1ccc(Cl)o1. The van der Waals surface area contributed by atoms with Crippen molar-refractivity contribution in [3.05, 3.63) is 45.5 Å².